The van der Waals surface area contributed by atoms with Gasteiger partial charge in [-0.1, -0.05) is 30.3 Å². The van der Waals surface area contributed by atoms with Gasteiger partial charge in [0.2, 0.25) is 15.9 Å². The van der Waals surface area contributed by atoms with Crippen LogP contribution in [0.2, 0.25) is 0 Å². The van der Waals surface area contributed by atoms with E-state index in [2.05, 4.69) is 10.1 Å². The molecule has 1 aromatic carbocycles. The highest BCUT2D eigenvalue weighted by Crippen LogP contribution is 2.24. The van der Waals surface area contributed by atoms with E-state index in [1.165, 1.54) is 7.11 Å². The summed E-state index contributed by atoms with van der Waals surface area (Å²) in [5.74, 6) is -2.05. The number of benzene rings is 1. The SMILES string of the molecule is COC(=O)CN1C(CC(=O)NC(Cc2ccccc2)C(=O)OC)CS1(=O)=O. The van der Waals surface area contributed by atoms with Gasteiger partial charge >= 0.3 is 11.9 Å². The molecule has 148 valence electrons. The third kappa shape index (κ3) is 5.51. The van der Waals surface area contributed by atoms with Gasteiger partial charge in [-0.15, -0.1) is 0 Å². The molecular formula is C17H22N2O7S. The standard InChI is InChI=1S/C17H22N2O7S/c1-25-16(21)10-19-13(11-27(19,23)24)9-15(20)18-14(17(22)26-2)8-12-6-4-3-5-7-12/h3-7,13-14H,8-11H2,1-2H3,(H,18,20). The average molecular weight is 398 g/mol. The molecule has 0 bridgehead atoms. The lowest BCUT2D eigenvalue weighted by molar-refractivity contribution is -0.145. The van der Waals surface area contributed by atoms with Crippen LogP contribution in [0.4, 0.5) is 0 Å². The van der Waals surface area contributed by atoms with Crippen molar-refractivity contribution >= 4 is 27.9 Å². The fourth-order valence-electron chi connectivity index (χ4n) is 2.80. The molecule has 0 spiro atoms. The zero-order valence-electron chi connectivity index (χ0n) is 15.1. The number of ether oxygens (including phenoxy) is 2. The fourth-order valence-corrected chi connectivity index (χ4v) is 4.42. The first kappa shape index (κ1) is 20.8. The minimum absolute atomic E-state index is 0.168. The smallest absolute Gasteiger partial charge is 0.328 e. The Morgan fingerprint density at radius 3 is 2.41 bits per heavy atom. The highest BCUT2D eigenvalue weighted by atomic mass is 32.2. The molecule has 0 aromatic heterocycles. The Morgan fingerprint density at radius 1 is 1.19 bits per heavy atom. The van der Waals surface area contributed by atoms with Crippen molar-refractivity contribution in [2.45, 2.75) is 24.9 Å². The largest absolute Gasteiger partial charge is 0.468 e. The number of nitrogens with one attached hydrogen (secondary N) is 1. The molecule has 1 aliphatic rings. The van der Waals surface area contributed by atoms with Crippen molar-refractivity contribution in [2.75, 3.05) is 26.5 Å². The van der Waals surface area contributed by atoms with Gasteiger partial charge in [-0.05, 0) is 5.56 Å². The molecule has 1 aliphatic heterocycles. The predicted octanol–water partition coefficient (Wildman–Crippen LogP) is -0.536. The van der Waals surface area contributed by atoms with Crippen LogP contribution in [0.1, 0.15) is 12.0 Å². The topological polar surface area (TPSA) is 119 Å². The van der Waals surface area contributed by atoms with Crippen molar-refractivity contribution in [1.29, 1.82) is 0 Å². The van der Waals surface area contributed by atoms with Gasteiger partial charge in [0.15, 0.2) is 0 Å². The Hall–Kier alpha value is -2.46. The van der Waals surface area contributed by atoms with Crippen molar-refractivity contribution in [2.24, 2.45) is 0 Å². The molecule has 9 nitrogen and oxygen atoms in total. The summed E-state index contributed by atoms with van der Waals surface area (Å²) in [6, 6.07) is 7.56. The van der Waals surface area contributed by atoms with E-state index in [1.807, 2.05) is 30.3 Å². The molecule has 0 aliphatic carbocycles. The first-order chi connectivity index (χ1) is 12.8. The van der Waals surface area contributed by atoms with Gasteiger partial charge in [-0.25, -0.2) is 13.2 Å². The number of esters is 2. The second-order valence-corrected chi connectivity index (χ2v) is 8.06. The summed E-state index contributed by atoms with van der Waals surface area (Å²) in [4.78, 5) is 35.6. The Kier molecular flexibility index (Phi) is 6.92. The lowest BCUT2D eigenvalue weighted by Crippen LogP contribution is -2.59. The lowest BCUT2D eigenvalue weighted by atomic mass is 10.1. The number of sulfonamides is 1. The summed E-state index contributed by atoms with van der Waals surface area (Å²) in [5.41, 5.74) is 0.840. The molecule has 1 heterocycles. The van der Waals surface area contributed by atoms with E-state index in [9.17, 15) is 22.8 Å². The molecule has 1 N–H and O–H groups in total. The second kappa shape index (κ2) is 8.96. The summed E-state index contributed by atoms with van der Waals surface area (Å²) in [6.45, 7) is -0.443. The normalized spacial score (nSPS) is 19.4. The van der Waals surface area contributed by atoms with Crippen molar-refractivity contribution in [3.05, 3.63) is 35.9 Å². The van der Waals surface area contributed by atoms with E-state index in [4.69, 9.17) is 4.74 Å². The van der Waals surface area contributed by atoms with Crippen LogP contribution < -0.4 is 5.32 Å². The Morgan fingerprint density at radius 2 is 1.85 bits per heavy atom. The third-order valence-corrected chi connectivity index (χ3v) is 6.15. The van der Waals surface area contributed by atoms with Crippen LogP contribution in [-0.4, -0.2) is 69.2 Å². The number of nitrogens with zero attached hydrogens (tertiary/aromatic N) is 1. The zero-order valence-corrected chi connectivity index (χ0v) is 15.9. The minimum Gasteiger partial charge on any atom is -0.468 e. The van der Waals surface area contributed by atoms with Crippen LogP contribution in [0, 0.1) is 0 Å². The summed E-state index contributed by atoms with van der Waals surface area (Å²) >= 11 is 0. The Balaban J connectivity index is 1.98. The maximum atomic E-state index is 12.3. The van der Waals surface area contributed by atoms with Crippen LogP contribution in [-0.2, 0) is 40.3 Å². The number of methoxy groups -OCH3 is 2. The number of carbonyl (C=O) groups is 3. The van der Waals surface area contributed by atoms with Gasteiger partial charge in [0.1, 0.15) is 12.6 Å². The molecule has 1 saturated heterocycles. The van der Waals surface area contributed by atoms with Crippen molar-refractivity contribution in [3.8, 4) is 0 Å². The van der Waals surface area contributed by atoms with Gasteiger partial charge in [0, 0.05) is 18.9 Å². The van der Waals surface area contributed by atoms with Crippen molar-refractivity contribution < 1.29 is 32.3 Å². The lowest BCUT2D eigenvalue weighted by Gasteiger charge is -2.38. The van der Waals surface area contributed by atoms with Crippen LogP contribution in [0.5, 0.6) is 0 Å². The minimum atomic E-state index is -3.56. The van der Waals surface area contributed by atoms with Crippen LogP contribution in [0.15, 0.2) is 30.3 Å². The number of carbonyl (C=O) groups excluding carboxylic acids is 3. The highest BCUT2D eigenvalue weighted by Gasteiger charge is 2.45. The molecule has 0 radical (unpaired) electrons. The first-order valence-electron chi connectivity index (χ1n) is 8.24. The predicted molar refractivity (Wildman–Crippen MR) is 95.0 cm³/mol. The van der Waals surface area contributed by atoms with E-state index >= 15 is 0 Å². The van der Waals surface area contributed by atoms with E-state index < -0.39 is 46.5 Å². The number of amides is 1. The van der Waals surface area contributed by atoms with E-state index in [1.54, 1.807) is 0 Å². The molecular weight excluding hydrogens is 376 g/mol. The molecule has 1 amide bonds. The second-order valence-electron chi connectivity index (χ2n) is 6.09. The molecule has 2 unspecified atom stereocenters. The molecule has 1 fully saturated rings. The van der Waals surface area contributed by atoms with Gasteiger partial charge in [-0.2, -0.15) is 4.31 Å². The molecule has 2 atom stereocenters. The van der Waals surface area contributed by atoms with E-state index in [0.29, 0.717) is 0 Å². The molecule has 27 heavy (non-hydrogen) atoms. The van der Waals surface area contributed by atoms with Crippen LogP contribution in [0.25, 0.3) is 0 Å². The van der Waals surface area contributed by atoms with Crippen molar-refractivity contribution in [1.82, 2.24) is 9.62 Å². The monoisotopic (exact) mass is 398 g/mol. The van der Waals surface area contributed by atoms with Gasteiger partial charge in [0.05, 0.1) is 20.0 Å². The number of hydrogen-bond donors (Lipinski definition) is 1. The maximum absolute atomic E-state index is 12.3. The van der Waals surface area contributed by atoms with Crippen molar-refractivity contribution in [3.63, 3.8) is 0 Å². The Labute approximate surface area is 157 Å². The van der Waals surface area contributed by atoms with Gasteiger partial charge in [0.25, 0.3) is 0 Å². The van der Waals surface area contributed by atoms with E-state index in [-0.39, 0.29) is 18.6 Å². The molecule has 10 heteroatoms. The van der Waals surface area contributed by atoms with Crippen LogP contribution >= 0.6 is 0 Å². The zero-order chi connectivity index (χ0) is 20.0. The van der Waals surface area contributed by atoms with Gasteiger partial charge in [-0.3, -0.25) is 9.59 Å². The van der Waals surface area contributed by atoms with E-state index in [0.717, 1.165) is 17.0 Å². The first-order valence-corrected chi connectivity index (χ1v) is 9.85. The molecule has 2 rings (SSSR count). The average Bonchev–Trinajstić information content (AvgIpc) is 2.64. The Bertz CT molecular complexity index is 795. The third-order valence-electron chi connectivity index (χ3n) is 4.20. The van der Waals surface area contributed by atoms with Crippen LogP contribution in [0.3, 0.4) is 0 Å². The summed E-state index contributed by atoms with van der Waals surface area (Å²) in [6.07, 6.45) is 0.0760. The van der Waals surface area contributed by atoms with Gasteiger partial charge < -0.3 is 14.8 Å². The summed E-state index contributed by atoms with van der Waals surface area (Å²) in [7, 11) is -1.18. The molecule has 1 aromatic rings. The highest BCUT2D eigenvalue weighted by molar-refractivity contribution is 7.90. The summed E-state index contributed by atoms with van der Waals surface area (Å²) in [5, 5.41) is 2.58. The molecule has 0 saturated carbocycles. The maximum Gasteiger partial charge on any atom is 0.328 e. The quantitative estimate of drug-likeness (QED) is 0.584. The number of rotatable bonds is 8. The number of hydrogen-bond acceptors (Lipinski definition) is 7. The fraction of sp³-hybridized carbons (Fsp3) is 0.471. The summed E-state index contributed by atoms with van der Waals surface area (Å²) < 4.78 is 33.7.